The van der Waals surface area contributed by atoms with Crippen molar-refractivity contribution in [3.63, 3.8) is 0 Å². The Labute approximate surface area is 140 Å². The van der Waals surface area contributed by atoms with Gasteiger partial charge in [0.1, 0.15) is 23.6 Å². The van der Waals surface area contributed by atoms with Crippen LogP contribution in [0.4, 0.5) is 10.2 Å². The predicted octanol–water partition coefficient (Wildman–Crippen LogP) is 3.64. The SMILES string of the molecule is Cc1nn(-c2ccccc2F)c2ncnc(N3CCCCC3C)c12. The van der Waals surface area contributed by atoms with Gasteiger partial charge in [0.2, 0.25) is 0 Å². The van der Waals surface area contributed by atoms with Crippen LogP contribution in [0.2, 0.25) is 0 Å². The maximum absolute atomic E-state index is 14.2. The molecule has 1 atom stereocenters. The molecule has 0 spiro atoms. The Kier molecular flexibility index (Phi) is 3.67. The topological polar surface area (TPSA) is 46.8 Å². The normalized spacial score (nSPS) is 18.3. The summed E-state index contributed by atoms with van der Waals surface area (Å²) in [5.74, 6) is 0.598. The molecule has 24 heavy (non-hydrogen) atoms. The average Bonchev–Trinajstić information content (AvgIpc) is 2.93. The maximum Gasteiger partial charge on any atom is 0.168 e. The van der Waals surface area contributed by atoms with Crippen molar-refractivity contribution >= 4 is 16.9 Å². The number of benzene rings is 1. The van der Waals surface area contributed by atoms with Gasteiger partial charge >= 0.3 is 0 Å². The second kappa shape index (κ2) is 5.85. The molecule has 5 nitrogen and oxygen atoms in total. The number of nitrogens with zero attached hydrogens (tertiary/aromatic N) is 5. The minimum atomic E-state index is -0.312. The number of aromatic nitrogens is 4. The fraction of sp³-hybridized carbons (Fsp3) is 0.389. The van der Waals surface area contributed by atoms with Gasteiger partial charge in [-0.1, -0.05) is 12.1 Å². The van der Waals surface area contributed by atoms with Gasteiger partial charge in [-0.2, -0.15) is 5.10 Å². The van der Waals surface area contributed by atoms with Crippen LogP contribution in [-0.2, 0) is 0 Å². The zero-order valence-electron chi connectivity index (χ0n) is 13.9. The lowest BCUT2D eigenvalue weighted by Gasteiger charge is -2.34. The number of piperidine rings is 1. The van der Waals surface area contributed by atoms with Crippen LogP contribution in [0, 0.1) is 12.7 Å². The van der Waals surface area contributed by atoms with E-state index in [9.17, 15) is 4.39 Å². The summed E-state index contributed by atoms with van der Waals surface area (Å²) in [4.78, 5) is 11.3. The van der Waals surface area contributed by atoms with Crippen molar-refractivity contribution in [3.8, 4) is 5.69 Å². The van der Waals surface area contributed by atoms with Crippen molar-refractivity contribution in [2.24, 2.45) is 0 Å². The van der Waals surface area contributed by atoms with Gasteiger partial charge < -0.3 is 4.90 Å². The molecular weight excluding hydrogens is 305 g/mol. The summed E-state index contributed by atoms with van der Waals surface area (Å²) >= 11 is 0. The first-order valence-electron chi connectivity index (χ1n) is 8.38. The van der Waals surface area contributed by atoms with E-state index in [1.54, 1.807) is 29.2 Å². The maximum atomic E-state index is 14.2. The third-order valence-corrected chi connectivity index (χ3v) is 4.78. The van der Waals surface area contributed by atoms with E-state index in [2.05, 4.69) is 26.9 Å². The van der Waals surface area contributed by atoms with Crippen LogP contribution in [0.3, 0.4) is 0 Å². The molecule has 1 aromatic carbocycles. The summed E-state index contributed by atoms with van der Waals surface area (Å²) in [5, 5.41) is 5.46. The number of hydrogen-bond donors (Lipinski definition) is 0. The molecule has 3 heterocycles. The number of fused-ring (bicyclic) bond motifs is 1. The molecule has 0 bridgehead atoms. The lowest BCUT2D eigenvalue weighted by molar-refractivity contribution is 0.482. The molecule has 1 unspecified atom stereocenters. The number of para-hydroxylation sites is 1. The largest absolute Gasteiger partial charge is 0.353 e. The van der Waals surface area contributed by atoms with Crippen LogP contribution in [-0.4, -0.2) is 32.3 Å². The van der Waals surface area contributed by atoms with Gasteiger partial charge in [0.15, 0.2) is 5.65 Å². The van der Waals surface area contributed by atoms with Crippen molar-refractivity contribution in [3.05, 3.63) is 42.1 Å². The van der Waals surface area contributed by atoms with Crippen LogP contribution < -0.4 is 4.90 Å². The number of rotatable bonds is 2. The van der Waals surface area contributed by atoms with Crippen molar-refractivity contribution < 1.29 is 4.39 Å². The summed E-state index contributed by atoms with van der Waals surface area (Å²) in [6.07, 6.45) is 5.12. The first-order valence-corrected chi connectivity index (χ1v) is 8.38. The predicted molar refractivity (Wildman–Crippen MR) is 92.0 cm³/mol. The van der Waals surface area contributed by atoms with Crippen LogP contribution in [0.5, 0.6) is 0 Å². The number of aryl methyl sites for hydroxylation is 1. The van der Waals surface area contributed by atoms with Crippen molar-refractivity contribution in [2.45, 2.75) is 39.2 Å². The summed E-state index contributed by atoms with van der Waals surface area (Å²) in [7, 11) is 0. The molecule has 0 radical (unpaired) electrons. The van der Waals surface area contributed by atoms with E-state index in [0.29, 0.717) is 17.4 Å². The van der Waals surface area contributed by atoms with E-state index in [1.165, 1.54) is 12.5 Å². The van der Waals surface area contributed by atoms with E-state index in [0.717, 1.165) is 36.3 Å². The zero-order chi connectivity index (χ0) is 16.7. The fourth-order valence-electron chi connectivity index (χ4n) is 3.52. The van der Waals surface area contributed by atoms with Crippen molar-refractivity contribution in [1.82, 2.24) is 19.7 Å². The smallest absolute Gasteiger partial charge is 0.168 e. The van der Waals surface area contributed by atoms with Gasteiger partial charge in [0.25, 0.3) is 0 Å². The zero-order valence-corrected chi connectivity index (χ0v) is 13.9. The Morgan fingerprint density at radius 3 is 2.79 bits per heavy atom. The number of hydrogen-bond acceptors (Lipinski definition) is 4. The Morgan fingerprint density at radius 1 is 1.17 bits per heavy atom. The Balaban J connectivity index is 1.92. The molecule has 1 aliphatic heterocycles. The summed E-state index contributed by atoms with van der Waals surface area (Å²) < 4.78 is 15.8. The lowest BCUT2D eigenvalue weighted by Crippen LogP contribution is -2.38. The Hall–Kier alpha value is -2.50. The quantitative estimate of drug-likeness (QED) is 0.722. The van der Waals surface area contributed by atoms with Crippen LogP contribution in [0.15, 0.2) is 30.6 Å². The van der Waals surface area contributed by atoms with Gasteiger partial charge in [0.05, 0.1) is 11.1 Å². The van der Waals surface area contributed by atoms with Crippen LogP contribution >= 0.6 is 0 Å². The van der Waals surface area contributed by atoms with Gasteiger partial charge in [-0.3, -0.25) is 0 Å². The lowest BCUT2D eigenvalue weighted by atomic mass is 10.0. The van der Waals surface area contributed by atoms with E-state index >= 15 is 0 Å². The number of halogens is 1. The molecule has 0 amide bonds. The summed E-state index contributed by atoms with van der Waals surface area (Å²) in [5.41, 5.74) is 1.88. The highest BCUT2D eigenvalue weighted by Crippen LogP contribution is 2.32. The molecule has 1 aliphatic rings. The van der Waals surface area contributed by atoms with E-state index in [1.807, 2.05) is 6.92 Å². The molecule has 4 rings (SSSR count). The highest BCUT2D eigenvalue weighted by atomic mass is 19.1. The van der Waals surface area contributed by atoms with E-state index in [-0.39, 0.29) is 5.82 Å². The third kappa shape index (κ3) is 2.33. The molecule has 124 valence electrons. The van der Waals surface area contributed by atoms with Gasteiger partial charge in [-0.25, -0.2) is 19.0 Å². The van der Waals surface area contributed by atoms with E-state index in [4.69, 9.17) is 0 Å². The van der Waals surface area contributed by atoms with Crippen LogP contribution in [0.1, 0.15) is 31.9 Å². The van der Waals surface area contributed by atoms with Crippen molar-refractivity contribution in [1.29, 1.82) is 0 Å². The molecule has 1 fully saturated rings. The molecule has 1 saturated heterocycles. The monoisotopic (exact) mass is 325 g/mol. The highest BCUT2D eigenvalue weighted by molar-refractivity contribution is 5.90. The van der Waals surface area contributed by atoms with Gasteiger partial charge in [-0.15, -0.1) is 0 Å². The number of anilines is 1. The molecule has 6 heteroatoms. The van der Waals surface area contributed by atoms with E-state index < -0.39 is 0 Å². The summed E-state index contributed by atoms with van der Waals surface area (Å²) in [6.45, 7) is 5.14. The minimum Gasteiger partial charge on any atom is -0.353 e. The molecule has 3 aromatic rings. The minimum absolute atomic E-state index is 0.312. The fourth-order valence-corrected chi connectivity index (χ4v) is 3.52. The Bertz CT molecular complexity index is 888. The molecule has 2 aromatic heterocycles. The summed E-state index contributed by atoms with van der Waals surface area (Å²) in [6, 6.07) is 7.07. The standard InChI is InChI=1S/C18H20FN5/c1-12-7-5-6-10-23(12)17-16-13(2)22-24(18(16)21-11-20-17)15-9-4-3-8-14(15)19/h3-4,8-9,11-12H,5-7,10H2,1-2H3. The first-order chi connectivity index (χ1) is 11.7. The molecular formula is C18H20FN5. The Morgan fingerprint density at radius 2 is 2.00 bits per heavy atom. The second-order valence-corrected chi connectivity index (χ2v) is 6.38. The molecule has 0 aliphatic carbocycles. The average molecular weight is 325 g/mol. The first kappa shape index (κ1) is 15.1. The van der Waals surface area contributed by atoms with Crippen LogP contribution in [0.25, 0.3) is 16.7 Å². The highest BCUT2D eigenvalue weighted by Gasteiger charge is 2.25. The second-order valence-electron chi connectivity index (χ2n) is 6.38. The van der Waals surface area contributed by atoms with Gasteiger partial charge in [0, 0.05) is 12.6 Å². The molecule has 0 saturated carbocycles. The van der Waals surface area contributed by atoms with Gasteiger partial charge in [-0.05, 0) is 45.2 Å². The third-order valence-electron chi connectivity index (χ3n) is 4.78. The van der Waals surface area contributed by atoms with Crippen molar-refractivity contribution in [2.75, 3.05) is 11.4 Å². The molecule has 0 N–H and O–H groups in total.